The molecular weight excluding hydrogens is 262 g/mol. The Bertz CT molecular complexity index is 615. The van der Waals surface area contributed by atoms with Crippen LogP contribution in [0.4, 0.5) is 5.69 Å². The molecule has 2 aromatic carbocycles. The molecule has 110 valence electrons. The molecule has 0 radical (unpaired) electrons. The molecule has 0 aliphatic rings. The van der Waals surface area contributed by atoms with E-state index in [1.807, 2.05) is 18.2 Å². The van der Waals surface area contributed by atoms with E-state index in [4.69, 9.17) is 4.74 Å². The first-order valence-corrected chi connectivity index (χ1v) is 7.16. The van der Waals surface area contributed by atoms with E-state index in [-0.39, 0.29) is 5.97 Å². The minimum atomic E-state index is -0.285. The fourth-order valence-corrected chi connectivity index (χ4v) is 2.35. The Morgan fingerprint density at radius 1 is 1.10 bits per heavy atom. The summed E-state index contributed by atoms with van der Waals surface area (Å²) in [6.45, 7) is 7.11. The number of carbonyl (C=O) groups is 1. The van der Waals surface area contributed by atoms with E-state index in [9.17, 15) is 4.79 Å². The van der Waals surface area contributed by atoms with Gasteiger partial charge >= 0.3 is 5.97 Å². The first kappa shape index (κ1) is 15.1. The van der Waals surface area contributed by atoms with E-state index < -0.39 is 0 Å². The van der Waals surface area contributed by atoms with Crippen molar-refractivity contribution in [2.75, 3.05) is 11.9 Å². The number of hydrogen-bond donors (Lipinski definition) is 1. The van der Waals surface area contributed by atoms with Crippen molar-refractivity contribution in [2.24, 2.45) is 0 Å². The lowest BCUT2D eigenvalue weighted by atomic mass is 10.1. The maximum Gasteiger partial charge on any atom is 0.338 e. The Kier molecular flexibility index (Phi) is 4.99. The highest BCUT2D eigenvalue weighted by Crippen LogP contribution is 2.15. The number of nitrogens with one attached hydrogen (secondary N) is 1. The van der Waals surface area contributed by atoms with E-state index in [1.54, 1.807) is 13.0 Å². The first-order chi connectivity index (χ1) is 10.1. The summed E-state index contributed by atoms with van der Waals surface area (Å²) in [5.74, 6) is -0.285. The summed E-state index contributed by atoms with van der Waals surface area (Å²) in [6, 6.07) is 13.9. The quantitative estimate of drug-likeness (QED) is 0.840. The van der Waals surface area contributed by atoms with Crippen molar-refractivity contribution in [3.05, 3.63) is 64.7 Å². The van der Waals surface area contributed by atoms with Crippen LogP contribution in [0.1, 0.15) is 34.0 Å². The summed E-state index contributed by atoms with van der Waals surface area (Å²) in [5, 5.41) is 3.34. The molecule has 3 nitrogen and oxygen atoms in total. The summed E-state index contributed by atoms with van der Waals surface area (Å²) in [7, 11) is 0. The largest absolute Gasteiger partial charge is 0.462 e. The predicted octanol–water partition coefficient (Wildman–Crippen LogP) is 4.09. The normalized spacial score (nSPS) is 10.2. The van der Waals surface area contributed by atoms with E-state index in [0.717, 1.165) is 12.2 Å². The van der Waals surface area contributed by atoms with Crippen molar-refractivity contribution in [1.82, 2.24) is 0 Å². The maximum atomic E-state index is 11.7. The Hall–Kier alpha value is -2.29. The van der Waals surface area contributed by atoms with Crippen LogP contribution in [0, 0.1) is 13.8 Å². The van der Waals surface area contributed by atoms with Crippen LogP contribution in [-0.4, -0.2) is 12.6 Å². The number of benzene rings is 2. The lowest BCUT2D eigenvalue weighted by Gasteiger charge is -2.10. The van der Waals surface area contributed by atoms with Gasteiger partial charge in [0.2, 0.25) is 0 Å². The Morgan fingerprint density at radius 2 is 1.81 bits per heavy atom. The summed E-state index contributed by atoms with van der Waals surface area (Å²) < 4.78 is 5.01. The molecule has 0 spiro atoms. The average Bonchev–Trinajstić information content (AvgIpc) is 2.45. The van der Waals surface area contributed by atoms with Crippen molar-refractivity contribution >= 4 is 11.7 Å². The number of aryl methyl sites for hydroxylation is 2. The van der Waals surface area contributed by atoms with Gasteiger partial charge in [-0.1, -0.05) is 35.4 Å². The van der Waals surface area contributed by atoms with E-state index in [2.05, 4.69) is 37.4 Å². The molecule has 0 aliphatic heterocycles. The van der Waals surface area contributed by atoms with Gasteiger partial charge in [0.25, 0.3) is 0 Å². The third-order valence-corrected chi connectivity index (χ3v) is 3.15. The average molecular weight is 283 g/mol. The highest BCUT2D eigenvalue weighted by Gasteiger charge is 2.06. The van der Waals surface area contributed by atoms with Crippen LogP contribution in [0.3, 0.4) is 0 Å². The molecule has 0 fully saturated rings. The number of rotatable bonds is 5. The molecule has 21 heavy (non-hydrogen) atoms. The Labute approximate surface area is 126 Å². The fraction of sp³-hybridized carbons (Fsp3) is 0.278. The van der Waals surface area contributed by atoms with Gasteiger partial charge in [0, 0.05) is 12.2 Å². The van der Waals surface area contributed by atoms with Crippen LogP contribution in [0.5, 0.6) is 0 Å². The molecule has 0 aliphatic carbocycles. The molecule has 2 rings (SSSR count). The number of hydrogen-bond acceptors (Lipinski definition) is 3. The van der Waals surface area contributed by atoms with Crippen LogP contribution < -0.4 is 5.32 Å². The molecule has 2 aromatic rings. The van der Waals surface area contributed by atoms with Crippen LogP contribution in [0.25, 0.3) is 0 Å². The number of anilines is 1. The van der Waals surface area contributed by atoms with Gasteiger partial charge in [-0.25, -0.2) is 4.79 Å². The minimum Gasteiger partial charge on any atom is -0.462 e. The zero-order chi connectivity index (χ0) is 15.2. The van der Waals surface area contributed by atoms with Crippen molar-refractivity contribution in [1.29, 1.82) is 0 Å². The molecule has 0 unspecified atom stereocenters. The smallest absolute Gasteiger partial charge is 0.338 e. The van der Waals surface area contributed by atoms with Crippen molar-refractivity contribution in [3.8, 4) is 0 Å². The Balaban J connectivity index is 2.06. The molecule has 3 heteroatoms. The zero-order valence-corrected chi connectivity index (χ0v) is 12.8. The van der Waals surface area contributed by atoms with Gasteiger partial charge in [-0.3, -0.25) is 0 Å². The molecule has 0 atom stereocenters. The topological polar surface area (TPSA) is 38.3 Å². The van der Waals surface area contributed by atoms with Gasteiger partial charge in [0.05, 0.1) is 12.2 Å². The lowest BCUT2D eigenvalue weighted by Crippen LogP contribution is -2.06. The van der Waals surface area contributed by atoms with Gasteiger partial charge in [-0.2, -0.15) is 0 Å². The van der Waals surface area contributed by atoms with Crippen LogP contribution in [0.15, 0.2) is 42.5 Å². The summed E-state index contributed by atoms with van der Waals surface area (Å²) >= 11 is 0. The van der Waals surface area contributed by atoms with Gasteiger partial charge in [-0.05, 0) is 44.5 Å². The predicted molar refractivity (Wildman–Crippen MR) is 85.6 cm³/mol. The highest BCUT2D eigenvalue weighted by molar-refractivity contribution is 5.90. The van der Waals surface area contributed by atoms with E-state index >= 15 is 0 Å². The lowest BCUT2D eigenvalue weighted by molar-refractivity contribution is 0.0526. The van der Waals surface area contributed by atoms with Crippen molar-refractivity contribution in [3.63, 3.8) is 0 Å². The fourth-order valence-electron chi connectivity index (χ4n) is 2.35. The van der Waals surface area contributed by atoms with E-state index in [0.29, 0.717) is 12.2 Å². The minimum absolute atomic E-state index is 0.285. The molecule has 1 N–H and O–H groups in total. The summed E-state index contributed by atoms with van der Waals surface area (Å²) in [5.41, 5.74) is 5.23. The third-order valence-electron chi connectivity index (χ3n) is 3.15. The second kappa shape index (κ2) is 6.93. The van der Waals surface area contributed by atoms with E-state index in [1.165, 1.54) is 16.7 Å². The highest BCUT2D eigenvalue weighted by atomic mass is 16.5. The first-order valence-electron chi connectivity index (χ1n) is 7.16. The van der Waals surface area contributed by atoms with Crippen LogP contribution in [0.2, 0.25) is 0 Å². The van der Waals surface area contributed by atoms with Crippen molar-refractivity contribution in [2.45, 2.75) is 27.3 Å². The van der Waals surface area contributed by atoms with Crippen LogP contribution in [-0.2, 0) is 11.3 Å². The van der Waals surface area contributed by atoms with Crippen LogP contribution >= 0.6 is 0 Å². The third kappa shape index (κ3) is 4.35. The van der Waals surface area contributed by atoms with Gasteiger partial charge in [-0.15, -0.1) is 0 Å². The van der Waals surface area contributed by atoms with Crippen molar-refractivity contribution < 1.29 is 9.53 Å². The molecule has 0 saturated carbocycles. The summed E-state index contributed by atoms with van der Waals surface area (Å²) in [6.07, 6.45) is 0. The molecular formula is C18H21NO2. The second-order valence-electron chi connectivity index (χ2n) is 5.15. The molecule has 0 bridgehead atoms. The maximum absolute atomic E-state index is 11.7. The number of ether oxygens (including phenoxy) is 1. The van der Waals surface area contributed by atoms with Gasteiger partial charge < -0.3 is 10.1 Å². The monoisotopic (exact) mass is 283 g/mol. The number of carbonyl (C=O) groups excluding carboxylic acids is 1. The molecule has 0 saturated heterocycles. The standard InChI is InChI=1S/C18H21NO2/c1-4-21-18(20)16-6-5-7-17(11-16)19-12-15-9-13(2)8-14(3)10-15/h5-11,19H,4,12H2,1-3H3. The van der Waals surface area contributed by atoms with Gasteiger partial charge in [0.1, 0.15) is 0 Å². The SMILES string of the molecule is CCOC(=O)c1cccc(NCc2cc(C)cc(C)c2)c1. The second-order valence-corrected chi connectivity index (χ2v) is 5.15. The van der Waals surface area contributed by atoms with Gasteiger partial charge in [0.15, 0.2) is 0 Å². The molecule has 0 aromatic heterocycles. The zero-order valence-electron chi connectivity index (χ0n) is 12.8. The molecule has 0 heterocycles. The number of esters is 1. The molecule has 0 amide bonds. The summed E-state index contributed by atoms with van der Waals surface area (Å²) in [4.78, 5) is 11.7. The Morgan fingerprint density at radius 3 is 2.48 bits per heavy atom.